The lowest BCUT2D eigenvalue weighted by molar-refractivity contribution is 0.792. The molecule has 6 heteroatoms. The molecule has 0 atom stereocenters. The van der Waals surface area contributed by atoms with Crippen molar-refractivity contribution in [2.24, 2.45) is 5.10 Å². The van der Waals surface area contributed by atoms with E-state index in [1.54, 1.807) is 6.21 Å². The highest BCUT2D eigenvalue weighted by Gasteiger charge is 2.04. The number of hydrogen-bond donors (Lipinski definition) is 2. The first kappa shape index (κ1) is 20.2. The molecule has 0 saturated heterocycles. The van der Waals surface area contributed by atoms with Crippen LogP contribution >= 0.6 is 23.8 Å². The van der Waals surface area contributed by atoms with E-state index in [1.165, 1.54) is 5.69 Å². The monoisotopic (exact) mass is 388 g/mol. The van der Waals surface area contributed by atoms with Crippen LogP contribution in [0.1, 0.15) is 31.4 Å². The van der Waals surface area contributed by atoms with Gasteiger partial charge in [-0.05, 0) is 67.9 Å². The average molecular weight is 389 g/mol. The maximum absolute atomic E-state index is 6.11. The normalized spacial score (nSPS) is 10.8. The summed E-state index contributed by atoms with van der Waals surface area (Å²) in [5.74, 6) is 0. The van der Waals surface area contributed by atoms with Gasteiger partial charge in [-0.15, -0.1) is 0 Å². The minimum absolute atomic E-state index is 0.420. The number of thiocarbonyl (C=S) groups is 1. The zero-order chi connectivity index (χ0) is 18.9. The molecular formula is C20H25ClN4S. The summed E-state index contributed by atoms with van der Waals surface area (Å²) in [7, 11) is 0. The van der Waals surface area contributed by atoms with Gasteiger partial charge >= 0.3 is 0 Å². The highest BCUT2D eigenvalue weighted by atomic mass is 35.5. The van der Waals surface area contributed by atoms with E-state index in [2.05, 4.69) is 58.9 Å². The smallest absolute Gasteiger partial charge is 0.191 e. The number of nitrogens with one attached hydrogen (secondary N) is 2. The third-order valence-corrected chi connectivity index (χ3v) is 4.63. The van der Waals surface area contributed by atoms with Gasteiger partial charge in [0.15, 0.2) is 5.11 Å². The summed E-state index contributed by atoms with van der Waals surface area (Å²) >= 11 is 11.4. The molecule has 0 fully saturated rings. The number of rotatable bonds is 7. The molecule has 26 heavy (non-hydrogen) atoms. The molecule has 0 aromatic heterocycles. The molecule has 0 saturated carbocycles. The molecule has 0 unspecified atom stereocenters. The Balaban J connectivity index is 1.91. The number of hydrogen-bond acceptors (Lipinski definition) is 3. The van der Waals surface area contributed by atoms with E-state index < -0.39 is 0 Å². The van der Waals surface area contributed by atoms with Crippen LogP contribution in [0.25, 0.3) is 0 Å². The van der Waals surface area contributed by atoms with Gasteiger partial charge in [0.1, 0.15) is 0 Å². The van der Waals surface area contributed by atoms with Crippen molar-refractivity contribution in [1.29, 1.82) is 0 Å². The first-order valence-electron chi connectivity index (χ1n) is 8.75. The molecule has 4 nitrogen and oxygen atoms in total. The number of halogens is 1. The molecule has 0 spiro atoms. The standard InChI is InChI=1S/C20H25ClN4S/c1-4-13-25(5-2)17-11-9-16(10-12-17)14-22-24-20(26)23-19-8-6-7-18(21)15(19)3/h6-12,14H,4-5,13H2,1-3H3,(H2,23,24,26)/b22-14+. The second kappa shape index (κ2) is 10.1. The van der Waals surface area contributed by atoms with Crippen LogP contribution in [0.3, 0.4) is 0 Å². The van der Waals surface area contributed by atoms with Crippen molar-refractivity contribution in [3.05, 3.63) is 58.6 Å². The Hall–Kier alpha value is -2.11. The minimum atomic E-state index is 0.420. The molecule has 0 aliphatic heterocycles. The zero-order valence-corrected chi connectivity index (χ0v) is 17.0. The summed E-state index contributed by atoms with van der Waals surface area (Å²) in [6, 6.07) is 14.0. The lowest BCUT2D eigenvalue weighted by atomic mass is 10.2. The van der Waals surface area contributed by atoms with Crippen LogP contribution in [-0.2, 0) is 0 Å². The summed E-state index contributed by atoms with van der Waals surface area (Å²) in [6.45, 7) is 8.37. The average Bonchev–Trinajstić information content (AvgIpc) is 2.64. The number of hydrazone groups is 1. The van der Waals surface area contributed by atoms with Gasteiger partial charge in [0.05, 0.1) is 6.21 Å². The van der Waals surface area contributed by atoms with E-state index >= 15 is 0 Å². The van der Waals surface area contributed by atoms with Gasteiger partial charge in [0.25, 0.3) is 0 Å². The molecule has 0 heterocycles. The highest BCUT2D eigenvalue weighted by Crippen LogP contribution is 2.22. The molecule has 138 valence electrons. The summed E-state index contributed by atoms with van der Waals surface area (Å²) in [6.07, 6.45) is 2.89. The van der Waals surface area contributed by atoms with Gasteiger partial charge < -0.3 is 10.2 Å². The fourth-order valence-corrected chi connectivity index (χ4v) is 2.91. The summed E-state index contributed by atoms with van der Waals surface area (Å²) < 4.78 is 0. The predicted octanol–water partition coefficient (Wildman–Crippen LogP) is 5.21. The topological polar surface area (TPSA) is 39.7 Å². The van der Waals surface area contributed by atoms with Crippen molar-refractivity contribution in [2.75, 3.05) is 23.3 Å². The van der Waals surface area contributed by atoms with E-state index in [0.717, 1.165) is 36.3 Å². The van der Waals surface area contributed by atoms with Gasteiger partial charge in [0.2, 0.25) is 0 Å². The first-order chi connectivity index (χ1) is 12.5. The van der Waals surface area contributed by atoms with Crippen molar-refractivity contribution in [2.45, 2.75) is 27.2 Å². The summed E-state index contributed by atoms with van der Waals surface area (Å²) in [5, 5.41) is 8.41. The Labute approximate surface area is 166 Å². The van der Waals surface area contributed by atoms with Crippen molar-refractivity contribution >= 4 is 46.5 Å². The number of anilines is 2. The molecule has 0 amide bonds. The van der Waals surface area contributed by atoms with E-state index in [4.69, 9.17) is 23.8 Å². The maximum atomic E-state index is 6.11. The Kier molecular flexibility index (Phi) is 7.88. The quantitative estimate of drug-likeness (QED) is 0.388. The molecule has 2 aromatic carbocycles. The first-order valence-corrected chi connectivity index (χ1v) is 9.54. The molecule has 2 rings (SSSR count). The fraction of sp³-hybridized carbons (Fsp3) is 0.300. The van der Waals surface area contributed by atoms with Crippen LogP contribution < -0.4 is 15.6 Å². The van der Waals surface area contributed by atoms with Crippen LogP contribution in [-0.4, -0.2) is 24.4 Å². The predicted molar refractivity (Wildman–Crippen MR) is 118 cm³/mol. The number of benzene rings is 2. The van der Waals surface area contributed by atoms with Gasteiger partial charge in [-0.25, -0.2) is 0 Å². The van der Waals surface area contributed by atoms with Crippen LogP contribution in [0.2, 0.25) is 5.02 Å². The molecule has 2 N–H and O–H groups in total. The van der Waals surface area contributed by atoms with Crippen LogP contribution in [0.5, 0.6) is 0 Å². The largest absolute Gasteiger partial charge is 0.372 e. The molecular weight excluding hydrogens is 364 g/mol. The Morgan fingerprint density at radius 1 is 1.19 bits per heavy atom. The SMILES string of the molecule is CCCN(CC)c1ccc(/C=N/NC(=S)Nc2cccc(Cl)c2C)cc1. The van der Waals surface area contributed by atoms with E-state index in [9.17, 15) is 0 Å². The van der Waals surface area contributed by atoms with Gasteiger partial charge in [-0.2, -0.15) is 5.10 Å². The van der Waals surface area contributed by atoms with Gasteiger partial charge in [-0.3, -0.25) is 5.43 Å². The third kappa shape index (κ3) is 5.71. The summed E-state index contributed by atoms with van der Waals surface area (Å²) in [5.41, 5.74) is 6.89. The second-order valence-electron chi connectivity index (χ2n) is 5.91. The molecule has 0 radical (unpaired) electrons. The van der Waals surface area contributed by atoms with Crippen LogP contribution in [0.15, 0.2) is 47.6 Å². The van der Waals surface area contributed by atoms with Crippen LogP contribution in [0, 0.1) is 6.92 Å². The second-order valence-corrected chi connectivity index (χ2v) is 6.72. The third-order valence-electron chi connectivity index (χ3n) is 4.03. The highest BCUT2D eigenvalue weighted by molar-refractivity contribution is 7.80. The maximum Gasteiger partial charge on any atom is 0.191 e. The van der Waals surface area contributed by atoms with Crippen molar-refractivity contribution in [3.63, 3.8) is 0 Å². The van der Waals surface area contributed by atoms with E-state index in [0.29, 0.717) is 10.1 Å². The van der Waals surface area contributed by atoms with Crippen LogP contribution in [0.4, 0.5) is 11.4 Å². The lowest BCUT2D eigenvalue weighted by Crippen LogP contribution is -2.24. The van der Waals surface area contributed by atoms with Gasteiger partial charge in [-0.1, -0.05) is 36.7 Å². The molecule has 0 aliphatic carbocycles. The Morgan fingerprint density at radius 2 is 1.92 bits per heavy atom. The molecule has 2 aromatic rings. The van der Waals surface area contributed by atoms with E-state index in [1.807, 2.05) is 25.1 Å². The van der Waals surface area contributed by atoms with E-state index in [-0.39, 0.29) is 0 Å². The Bertz CT molecular complexity index is 759. The van der Waals surface area contributed by atoms with Crippen molar-refractivity contribution < 1.29 is 0 Å². The van der Waals surface area contributed by atoms with Crippen molar-refractivity contribution in [3.8, 4) is 0 Å². The zero-order valence-electron chi connectivity index (χ0n) is 15.4. The van der Waals surface area contributed by atoms with Crippen molar-refractivity contribution in [1.82, 2.24) is 5.43 Å². The van der Waals surface area contributed by atoms with Gasteiger partial charge in [0, 0.05) is 29.5 Å². The minimum Gasteiger partial charge on any atom is -0.372 e. The number of nitrogens with zero attached hydrogens (tertiary/aromatic N) is 2. The fourth-order valence-electron chi connectivity index (χ4n) is 2.57. The lowest BCUT2D eigenvalue weighted by Gasteiger charge is -2.22. The summed E-state index contributed by atoms with van der Waals surface area (Å²) in [4.78, 5) is 2.35. The molecule has 0 aliphatic rings. The molecule has 0 bridgehead atoms. The Morgan fingerprint density at radius 3 is 2.58 bits per heavy atom.